The summed E-state index contributed by atoms with van der Waals surface area (Å²) in [7, 11) is 0. The molecule has 0 aliphatic rings. The minimum absolute atomic E-state index is 0. The van der Waals surface area contributed by atoms with E-state index in [1.54, 1.807) is 0 Å². The third-order valence-electron chi connectivity index (χ3n) is 0. The molecule has 0 bridgehead atoms. The fourth-order valence-electron chi connectivity index (χ4n) is 0. The van der Waals surface area contributed by atoms with Crippen LogP contribution >= 0.6 is 34.8 Å². The SMILES string of the molecule is ClC(Cl)Cl.[O]. The van der Waals surface area contributed by atoms with Crippen molar-refractivity contribution in [2.75, 3.05) is 0 Å². The average molecular weight is 135 g/mol. The molecule has 2 radical (unpaired) electrons. The van der Waals surface area contributed by atoms with Crippen molar-refractivity contribution in [3.63, 3.8) is 0 Å². The molecule has 0 saturated carbocycles. The summed E-state index contributed by atoms with van der Waals surface area (Å²) < 4.78 is -0.750. The predicted molar refractivity (Wildman–Crippen MR) is 22.0 cm³/mol. The molecule has 0 amide bonds. The summed E-state index contributed by atoms with van der Waals surface area (Å²) in [6.07, 6.45) is 0. The lowest BCUT2D eigenvalue weighted by Crippen LogP contribution is -1.55. The van der Waals surface area contributed by atoms with Crippen LogP contribution in [0.1, 0.15) is 0 Å². The molecular formula is CHCl3O. The Morgan fingerprint density at radius 1 is 1.00 bits per heavy atom. The van der Waals surface area contributed by atoms with Crippen LogP contribution < -0.4 is 0 Å². The van der Waals surface area contributed by atoms with E-state index in [1.165, 1.54) is 0 Å². The van der Waals surface area contributed by atoms with Crippen molar-refractivity contribution in [3.8, 4) is 0 Å². The van der Waals surface area contributed by atoms with Crippen molar-refractivity contribution in [2.24, 2.45) is 0 Å². The van der Waals surface area contributed by atoms with Crippen LogP contribution in [0.15, 0.2) is 0 Å². The van der Waals surface area contributed by atoms with Crippen LogP contribution in [0.5, 0.6) is 0 Å². The van der Waals surface area contributed by atoms with E-state index in [9.17, 15) is 0 Å². The van der Waals surface area contributed by atoms with Crippen molar-refractivity contribution >= 4 is 34.8 Å². The monoisotopic (exact) mass is 134 g/mol. The van der Waals surface area contributed by atoms with Gasteiger partial charge in [0.05, 0.1) is 0 Å². The first kappa shape index (κ1) is 9.27. The number of halogens is 3. The van der Waals surface area contributed by atoms with Gasteiger partial charge in [0.1, 0.15) is 0 Å². The third-order valence-corrected chi connectivity index (χ3v) is 0. The standard InChI is InChI=1S/CHCl3.O/c2-1(3)4;/h1H;. The van der Waals surface area contributed by atoms with Gasteiger partial charge in [-0.25, -0.2) is 0 Å². The smallest absolute Gasteiger partial charge is 0.0874 e. The highest BCUT2D eigenvalue weighted by Crippen LogP contribution is 2.03. The van der Waals surface area contributed by atoms with Gasteiger partial charge in [-0.3, -0.25) is 0 Å². The molecule has 4 heteroatoms. The molecule has 5 heavy (non-hydrogen) atoms. The third kappa shape index (κ3) is 56.2. The first-order valence-corrected chi connectivity index (χ1v) is 1.96. The van der Waals surface area contributed by atoms with Crippen LogP contribution in [0.3, 0.4) is 0 Å². The van der Waals surface area contributed by atoms with Crippen molar-refractivity contribution in [2.45, 2.75) is 4.30 Å². The Kier molecular flexibility index (Phi) is 8.96. The van der Waals surface area contributed by atoms with Crippen molar-refractivity contribution < 1.29 is 5.48 Å². The lowest BCUT2D eigenvalue weighted by atomic mass is 11.9. The molecule has 0 saturated heterocycles. The van der Waals surface area contributed by atoms with Crippen molar-refractivity contribution in [3.05, 3.63) is 0 Å². The number of rotatable bonds is 0. The number of hydrogen-bond acceptors (Lipinski definition) is 0. The Bertz CT molecular complexity index is 11.6. The lowest BCUT2D eigenvalue weighted by molar-refractivity contribution is 0.686. The van der Waals surface area contributed by atoms with E-state index in [0.717, 1.165) is 0 Å². The van der Waals surface area contributed by atoms with Gasteiger partial charge in [-0.2, -0.15) is 0 Å². The van der Waals surface area contributed by atoms with Gasteiger partial charge < -0.3 is 0 Å². The van der Waals surface area contributed by atoms with Gasteiger partial charge in [0.25, 0.3) is 0 Å². The van der Waals surface area contributed by atoms with Gasteiger partial charge in [-0.15, -0.1) is 0 Å². The van der Waals surface area contributed by atoms with Crippen molar-refractivity contribution in [1.29, 1.82) is 0 Å². The molecule has 0 rings (SSSR count). The summed E-state index contributed by atoms with van der Waals surface area (Å²) in [6, 6.07) is 0. The van der Waals surface area contributed by atoms with E-state index < -0.39 is 4.30 Å². The number of hydrogen-bond donors (Lipinski definition) is 0. The summed E-state index contributed by atoms with van der Waals surface area (Å²) in [5.74, 6) is 0. The average Bonchev–Trinajstić information content (AvgIpc) is 0.811. The second kappa shape index (κ2) is 4.83. The summed E-state index contributed by atoms with van der Waals surface area (Å²) in [6.45, 7) is 0. The molecule has 0 aromatic carbocycles. The van der Waals surface area contributed by atoms with E-state index in [-0.39, 0.29) is 5.48 Å². The predicted octanol–water partition coefficient (Wildman–Crippen LogP) is 1.87. The highest BCUT2D eigenvalue weighted by atomic mass is 35.6. The maximum Gasteiger partial charge on any atom is 0.180 e. The van der Waals surface area contributed by atoms with E-state index in [0.29, 0.717) is 0 Å². The molecule has 0 aliphatic carbocycles. The van der Waals surface area contributed by atoms with Gasteiger partial charge in [0, 0.05) is 5.48 Å². The van der Waals surface area contributed by atoms with Crippen LogP contribution in [0.25, 0.3) is 0 Å². The minimum Gasteiger partial charge on any atom is -0.0874 e. The second-order valence-corrected chi connectivity index (χ2v) is 2.23. The molecule has 0 aromatic rings. The maximum atomic E-state index is 4.81. The van der Waals surface area contributed by atoms with Gasteiger partial charge in [-0.05, 0) is 0 Å². The number of alkyl halides is 3. The maximum absolute atomic E-state index is 4.81. The molecule has 0 aliphatic heterocycles. The molecule has 0 unspecified atom stereocenters. The Hall–Kier alpha value is 0.830. The van der Waals surface area contributed by atoms with Crippen LogP contribution in [-0.2, 0) is 5.48 Å². The summed E-state index contributed by atoms with van der Waals surface area (Å²) in [5, 5.41) is 0. The van der Waals surface area contributed by atoms with Gasteiger partial charge in [-0.1, -0.05) is 34.8 Å². The van der Waals surface area contributed by atoms with Crippen LogP contribution in [0.2, 0.25) is 0 Å². The van der Waals surface area contributed by atoms with Crippen LogP contribution in [-0.4, -0.2) is 4.30 Å². The second-order valence-electron chi connectivity index (χ2n) is 0.247. The Labute approximate surface area is 45.1 Å². The highest BCUT2D eigenvalue weighted by molar-refractivity contribution is 6.63. The summed E-state index contributed by atoms with van der Waals surface area (Å²) in [5.41, 5.74) is 0. The normalized spacial score (nSPS) is 7.20. The molecule has 1 nitrogen and oxygen atoms in total. The zero-order valence-electron chi connectivity index (χ0n) is 2.12. The van der Waals surface area contributed by atoms with E-state index in [2.05, 4.69) is 0 Å². The van der Waals surface area contributed by atoms with Crippen LogP contribution in [0.4, 0.5) is 0 Å². The Balaban J connectivity index is 0. The molecule has 0 fully saturated rings. The quantitative estimate of drug-likeness (QED) is 0.454. The zero-order chi connectivity index (χ0) is 3.58. The highest BCUT2D eigenvalue weighted by Gasteiger charge is 1.78. The minimum atomic E-state index is -0.750. The van der Waals surface area contributed by atoms with Crippen LogP contribution in [0, 0.1) is 0 Å². The van der Waals surface area contributed by atoms with E-state index in [1.807, 2.05) is 0 Å². The Morgan fingerprint density at radius 3 is 1.00 bits per heavy atom. The molecule has 0 heterocycles. The summed E-state index contributed by atoms with van der Waals surface area (Å²) >= 11 is 14.4. The largest absolute Gasteiger partial charge is 0.180 e. The molecule has 32 valence electrons. The van der Waals surface area contributed by atoms with Crippen molar-refractivity contribution in [1.82, 2.24) is 0 Å². The Morgan fingerprint density at radius 2 is 1.00 bits per heavy atom. The fraction of sp³-hybridized carbons (Fsp3) is 1.00. The molecule has 0 spiro atoms. The van der Waals surface area contributed by atoms with E-state index >= 15 is 0 Å². The molecular weight excluding hydrogens is 134 g/mol. The topological polar surface area (TPSA) is 28.5 Å². The van der Waals surface area contributed by atoms with E-state index in [4.69, 9.17) is 34.8 Å². The first-order valence-electron chi connectivity index (χ1n) is 0.655. The first-order chi connectivity index (χ1) is 1.73. The lowest BCUT2D eigenvalue weighted by Gasteiger charge is -1.69. The van der Waals surface area contributed by atoms with Gasteiger partial charge in [0.15, 0.2) is 4.30 Å². The molecule has 0 aromatic heterocycles. The van der Waals surface area contributed by atoms with Gasteiger partial charge in [0.2, 0.25) is 0 Å². The molecule has 0 N–H and O–H groups in total. The fourth-order valence-corrected chi connectivity index (χ4v) is 0. The molecule has 0 atom stereocenters. The van der Waals surface area contributed by atoms with Gasteiger partial charge >= 0.3 is 0 Å². The zero-order valence-corrected chi connectivity index (χ0v) is 4.39. The summed E-state index contributed by atoms with van der Waals surface area (Å²) in [4.78, 5) is 0.